The summed E-state index contributed by atoms with van der Waals surface area (Å²) in [6.07, 6.45) is 0. The van der Waals surface area contributed by atoms with Gasteiger partial charge in [0.25, 0.3) is 0 Å². The first-order valence-corrected chi connectivity index (χ1v) is 11.4. The number of hydrogen-bond acceptors (Lipinski definition) is 8. The Morgan fingerprint density at radius 2 is 1.47 bits per heavy atom. The van der Waals surface area contributed by atoms with E-state index in [1.807, 2.05) is 6.07 Å². The van der Waals surface area contributed by atoms with Gasteiger partial charge in [-0.3, -0.25) is 4.90 Å². The van der Waals surface area contributed by atoms with Crippen molar-refractivity contribution in [3.8, 4) is 10.6 Å². The van der Waals surface area contributed by atoms with Crippen molar-refractivity contribution in [2.75, 3.05) is 62.3 Å². The first kappa shape index (κ1) is 19.4. The third kappa shape index (κ3) is 4.45. The second kappa shape index (κ2) is 9.07. The molecule has 0 unspecified atom stereocenters. The molecule has 2 aliphatic rings. The Morgan fingerprint density at radius 1 is 0.800 bits per heavy atom. The van der Waals surface area contributed by atoms with E-state index in [4.69, 9.17) is 9.72 Å². The van der Waals surface area contributed by atoms with Gasteiger partial charge in [-0.1, -0.05) is 30.3 Å². The van der Waals surface area contributed by atoms with E-state index in [0.717, 1.165) is 81.4 Å². The number of piperazine rings is 1. The summed E-state index contributed by atoms with van der Waals surface area (Å²) in [5.41, 5.74) is 2.35. The van der Waals surface area contributed by atoms with E-state index in [0.29, 0.717) is 0 Å². The zero-order chi connectivity index (χ0) is 20.2. The van der Waals surface area contributed by atoms with Crippen LogP contribution in [0.4, 0.5) is 11.6 Å². The largest absolute Gasteiger partial charge is 0.378 e. The molecule has 0 bridgehead atoms. The van der Waals surface area contributed by atoms with Crippen LogP contribution in [0.15, 0.2) is 47.8 Å². The standard InChI is InChI=1S/C22H26N6OS/c1-2-4-18(5-3-1)22-23-19(17-30-22)16-26-8-10-27(11-9-26)20-6-7-21(25-24-20)28-12-14-29-15-13-28/h1-7,17H,8-16H2. The normalized spacial score (nSPS) is 18.0. The minimum Gasteiger partial charge on any atom is -0.378 e. The lowest BCUT2D eigenvalue weighted by atomic mass is 10.2. The van der Waals surface area contributed by atoms with E-state index < -0.39 is 0 Å². The van der Waals surface area contributed by atoms with E-state index in [1.165, 1.54) is 5.56 Å². The van der Waals surface area contributed by atoms with Crippen molar-refractivity contribution >= 4 is 23.0 Å². The van der Waals surface area contributed by atoms with Crippen LogP contribution < -0.4 is 9.80 Å². The number of aromatic nitrogens is 3. The predicted octanol–water partition coefficient (Wildman–Crippen LogP) is 2.76. The van der Waals surface area contributed by atoms with Crippen molar-refractivity contribution in [1.29, 1.82) is 0 Å². The maximum absolute atomic E-state index is 5.41. The molecule has 0 aliphatic carbocycles. The summed E-state index contributed by atoms with van der Waals surface area (Å²) in [7, 11) is 0. The molecule has 30 heavy (non-hydrogen) atoms. The fourth-order valence-electron chi connectivity index (χ4n) is 3.91. The summed E-state index contributed by atoms with van der Waals surface area (Å²) in [6, 6.07) is 14.6. The van der Waals surface area contributed by atoms with E-state index in [9.17, 15) is 0 Å². The predicted molar refractivity (Wildman–Crippen MR) is 120 cm³/mol. The molecule has 0 radical (unpaired) electrons. The summed E-state index contributed by atoms with van der Waals surface area (Å²) in [6.45, 7) is 8.12. The zero-order valence-corrected chi connectivity index (χ0v) is 17.8. The van der Waals surface area contributed by atoms with Gasteiger partial charge in [-0.15, -0.1) is 21.5 Å². The molecule has 2 aliphatic heterocycles. The molecule has 0 atom stereocenters. The fourth-order valence-corrected chi connectivity index (χ4v) is 4.72. The SMILES string of the molecule is c1ccc(-c2nc(CN3CCN(c4ccc(N5CCOCC5)nn4)CC3)cs2)cc1. The highest BCUT2D eigenvalue weighted by Crippen LogP contribution is 2.24. The Labute approximate surface area is 180 Å². The van der Waals surface area contributed by atoms with E-state index in [-0.39, 0.29) is 0 Å². The molecule has 8 heteroatoms. The number of rotatable bonds is 5. The van der Waals surface area contributed by atoms with Crippen molar-refractivity contribution in [3.63, 3.8) is 0 Å². The number of anilines is 2. The first-order chi connectivity index (χ1) is 14.8. The molecule has 2 aromatic heterocycles. The number of nitrogens with zero attached hydrogens (tertiary/aromatic N) is 6. The van der Waals surface area contributed by atoms with Gasteiger partial charge in [-0.05, 0) is 12.1 Å². The van der Waals surface area contributed by atoms with Crippen LogP contribution >= 0.6 is 11.3 Å². The number of ether oxygens (including phenoxy) is 1. The van der Waals surface area contributed by atoms with Crippen LogP contribution in [0.25, 0.3) is 10.6 Å². The Kier molecular flexibility index (Phi) is 5.87. The van der Waals surface area contributed by atoms with Gasteiger partial charge >= 0.3 is 0 Å². The number of morpholine rings is 1. The van der Waals surface area contributed by atoms with Gasteiger partial charge in [0.15, 0.2) is 11.6 Å². The molecule has 4 heterocycles. The molecule has 5 rings (SSSR count). The molecule has 156 valence electrons. The Morgan fingerprint density at radius 3 is 2.13 bits per heavy atom. The maximum Gasteiger partial charge on any atom is 0.151 e. The molecule has 0 spiro atoms. The van der Waals surface area contributed by atoms with Gasteiger partial charge in [0, 0.05) is 56.8 Å². The third-order valence-electron chi connectivity index (χ3n) is 5.63. The quantitative estimate of drug-likeness (QED) is 0.627. The lowest BCUT2D eigenvalue weighted by Gasteiger charge is -2.35. The number of hydrogen-bond donors (Lipinski definition) is 0. The summed E-state index contributed by atoms with van der Waals surface area (Å²) in [5, 5.41) is 12.2. The first-order valence-electron chi connectivity index (χ1n) is 10.5. The van der Waals surface area contributed by atoms with Crippen molar-refractivity contribution in [3.05, 3.63) is 53.5 Å². The molecule has 1 aromatic carbocycles. The molecule has 3 aromatic rings. The highest BCUT2D eigenvalue weighted by molar-refractivity contribution is 7.13. The lowest BCUT2D eigenvalue weighted by molar-refractivity contribution is 0.122. The molecule has 0 saturated carbocycles. The Hall–Kier alpha value is -2.55. The third-order valence-corrected chi connectivity index (χ3v) is 6.57. The summed E-state index contributed by atoms with van der Waals surface area (Å²) < 4.78 is 5.41. The van der Waals surface area contributed by atoms with Gasteiger partial charge in [0.1, 0.15) is 5.01 Å². The van der Waals surface area contributed by atoms with Crippen LogP contribution in [0.2, 0.25) is 0 Å². The van der Waals surface area contributed by atoms with Gasteiger partial charge in [-0.2, -0.15) is 0 Å². The highest BCUT2D eigenvalue weighted by Gasteiger charge is 2.20. The fraction of sp³-hybridized carbons (Fsp3) is 0.409. The van der Waals surface area contributed by atoms with Crippen molar-refractivity contribution < 1.29 is 4.74 Å². The van der Waals surface area contributed by atoms with Gasteiger partial charge in [-0.25, -0.2) is 4.98 Å². The van der Waals surface area contributed by atoms with E-state index in [2.05, 4.69) is 66.7 Å². The van der Waals surface area contributed by atoms with Crippen LogP contribution in [-0.2, 0) is 11.3 Å². The average molecular weight is 423 g/mol. The minimum atomic E-state index is 0.761. The molecule has 7 nitrogen and oxygen atoms in total. The van der Waals surface area contributed by atoms with Gasteiger partial charge in [0.2, 0.25) is 0 Å². The summed E-state index contributed by atoms with van der Waals surface area (Å²) in [5.74, 6) is 1.91. The summed E-state index contributed by atoms with van der Waals surface area (Å²) in [4.78, 5) is 11.9. The topological polar surface area (TPSA) is 57.6 Å². The minimum absolute atomic E-state index is 0.761. The van der Waals surface area contributed by atoms with Crippen LogP contribution in [0.3, 0.4) is 0 Å². The monoisotopic (exact) mass is 422 g/mol. The molecular formula is C22H26N6OS. The smallest absolute Gasteiger partial charge is 0.151 e. The van der Waals surface area contributed by atoms with Gasteiger partial charge in [0.05, 0.1) is 18.9 Å². The molecule has 0 N–H and O–H groups in total. The number of thiazole rings is 1. The van der Waals surface area contributed by atoms with Crippen LogP contribution in [0.1, 0.15) is 5.69 Å². The van der Waals surface area contributed by atoms with Crippen LogP contribution in [0, 0.1) is 0 Å². The van der Waals surface area contributed by atoms with Crippen LogP contribution in [-0.4, -0.2) is 72.6 Å². The number of benzene rings is 1. The highest BCUT2D eigenvalue weighted by atomic mass is 32.1. The second-order valence-electron chi connectivity index (χ2n) is 7.62. The maximum atomic E-state index is 5.41. The van der Waals surface area contributed by atoms with Crippen molar-refractivity contribution in [2.45, 2.75) is 6.54 Å². The second-order valence-corrected chi connectivity index (χ2v) is 8.48. The molecular weight excluding hydrogens is 396 g/mol. The molecule has 0 amide bonds. The average Bonchev–Trinajstić information content (AvgIpc) is 3.29. The Bertz CT molecular complexity index is 934. The summed E-state index contributed by atoms with van der Waals surface area (Å²) >= 11 is 1.72. The van der Waals surface area contributed by atoms with Gasteiger partial charge < -0.3 is 14.5 Å². The van der Waals surface area contributed by atoms with Crippen molar-refractivity contribution in [2.24, 2.45) is 0 Å². The Balaban J connectivity index is 1.14. The van der Waals surface area contributed by atoms with Crippen molar-refractivity contribution in [1.82, 2.24) is 20.1 Å². The zero-order valence-electron chi connectivity index (χ0n) is 17.0. The van der Waals surface area contributed by atoms with Crippen LogP contribution in [0.5, 0.6) is 0 Å². The van der Waals surface area contributed by atoms with E-state index >= 15 is 0 Å². The molecule has 2 fully saturated rings. The molecule has 2 saturated heterocycles. The lowest BCUT2D eigenvalue weighted by Crippen LogP contribution is -2.46. The van der Waals surface area contributed by atoms with E-state index in [1.54, 1.807) is 11.3 Å².